The average molecular weight is 332 g/mol. The number of amides is 1. The number of nitrogens with zero attached hydrogens (tertiary/aromatic N) is 5. The maximum atomic E-state index is 12.1. The zero-order valence-electron chi connectivity index (χ0n) is 14.1. The number of imidazole rings is 1. The van der Waals surface area contributed by atoms with Gasteiger partial charge in [0.1, 0.15) is 6.54 Å². The predicted molar refractivity (Wildman–Crippen MR) is 88.2 cm³/mol. The molecule has 1 N–H and O–H groups in total. The third-order valence-electron chi connectivity index (χ3n) is 4.38. The smallest absolute Gasteiger partial charge is 0.241 e. The van der Waals surface area contributed by atoms with Gasteiger partial charge >= 0.3 is 0 Å². The topological polar surface area (TPSA) is 77.2 Å². The lowest BCUT2D eigenvalue weighted by Crippen LogP contribution is -2.50. The molecule has 24 heavy (non-hydrogen) atoms. The molecule has 2 aromatic heterocycles. The SMILES string of the molecule is CCN1CCO[C@@H](CNC(=O)Cn2cccn2)[C@@H]1c1cncn1C. The van der Waals surface area contributed by atoms with Crippen LogP contribution in [-0.4, -0.2) is 62.5 Å². The fourth-order valence-corrected chi connectivity index (χ4v) is 3.15. The van der Waals surface area contributed by atoms with Gasteiger partial charge in [-0.3, -0.25) is 14.4 Å². The highest BCUT2D eigenvalue weighted by atomic mass is 16.5. The maximum Gasteiger partial charge on any atom is 0.241 e. The zero-order chi connectivity index (χ0) is 16.9. The van der Waals surface area contributed by atoms with E-state index in [4.69, 9.17) is 4.74 Å². The molecule has 0 unspecified atom stereocenters. The average Bonchev–Trinajstić information content (AvgIpc) is 3.24. The van der Waals surface area contributed by atoms with E-state index in [2.05, 4.69) is 27.2 Å². The monoisotopic (exact) mass is 332 g/mol. The lowest BCUT2D eigenvalue weighted by atomic mass is 10.0. The maximum absolute atomic E-state index is 12.1. The summed E-state index contributed by atoms with van der Waals surface area (Å²) in [7, 11) is 1.98. The molecule has 0 bridgehead atoms. The van der Waals surface area contributed by atoms with Crippen LogP contribution < -0.4 is 5.32 Å². The molecule has 3 rings (SSSR count). The van der Waals surface area contributed by atoms with E-state index in [1.165, 1.54) is 0 Å². The number of nitrogens with one attached hydrogen (secondary N) is 1. The lowest BCUT2D eigenvalue weighted by Gasteiger charge is -2.40. The van der Waals surface area contributed by atoms with Crippen molar-refractivity contribution in [3.05, 3.63) is 36.7 Å². The lowest BCUT2D eigenvalue weighted by molar-refractivity contribution is -0.124. The summed E-state index contributed by atoms with van der Waals surface area (Å²) in [5, 5.41) is 7.01. The van der Waals surface area contributed by atoms with Crippen LogP contribution >= 0.6 is 0 Å². The molecule has 0 radical (unpaired) electrons. The number of aromatic nitrogens is 4. The minimum absolute atomic E-state index is 0.0697. The van der Waals surface area contributed by atoms with Gasteiger partial charge in [0.25, 0.3) is 0 Å². The molecule has 1 saturated heterocycles. The first-order valence-corrected chi connectivity index (χ1v) is 8.25. The van der Waals surface area contributed by atoms with Crippen LogP contribution in [0, 0.1) is 0 Å². The van der Waals surface area contributed by atoms with E-state index >= 15 is 0 Å². The van der Waals surface area contributed by atoms with Crippen molar-refractivity contribution in [1.29, 1.82) is 0 Å². The van der Waals surface area contributed by atoms with Gasteiger partial charge in [0.05, 0.1) is 30.8 Å². The third-order valence-corrected chi connectivity index (χ3v) is 4.38. The Morgan fingerprint density at radius 2 is 2.38 bits per heavy atom. The molecule has 0 aromatic carbocycles. The molecule has 2 aromatic rings. The summed E-state index contributed by atoms with van der Waals surface area (Å²) in [6, 6.07) is 1.89. The van der Waals surface area contributed by atoms with Gasteiger partial charge in [-0.25, -0.2) is 4.98 Å². The fourth-order valence-electron chi connectivity index (χ4n) is 3.15. The van der Waals surface area contributed by atoms with Gasteiger partial charge in [0.15, 0.2) is 0 Å². The number of hydrogen-bond acceptors (Lipinski definition) is 5. The van der Waals surface area contributed by atoms with E-state index < -0.39 is 0 Å². The highest BCUT2D eigenvalue weighted by molar-refractivity contribution is 5.75. The first-order valence-electron chi connectivity index (χ1n) is 8.25. The minimum Gasteiger partial charge on any atom is -0.373 e. The summed E-state index contributed by atoms with van der Waals surface area (Å²) in [6.45, 7) is 5.30. The second-order valence-corrected chi connectivity index (χ2v) is 5.92. The fraction of sp³-hybridized carbons (Fsp3) is 0.562. The number of likely N-dealkylation sites (N-methyl/N-ethyl adjacent to an activating group) is 1. The van der Waals surface area contributed by atoms with E-state index in [9.17, 15) is 4.79 Å². The van der Waals surface area contributed by atoms with Crippen molar-refractivity contribution in [2.45, 2.75) is 25.6 Å². The molecule has 8 heteroatoms. The van der Waals surface area contributed by atoms with Gasteiger partial charge in [-0.2, -0.15) is 5.10 Å². The van der Waals surface area contributed by atoms with Crippen LogP contribution in [0.15, 0.2) is 31.0 Å². The molecule has 0 aliphatic carbocycles. The third kappa shape index (κ3) is 3.65. The number of ether oxygens (including phenoxy) is 1. The van der Waals surface area contributed by atoms with Crippen molar-refractivity contribution in [3.8, 4) is 0 Å². The summed E-state index contributed by atoms with van der Waals surface area (Å²) >= 11 is 0. The van der Waals surface area contributed by atoms with Gasteiger partial charge < -0.3 is 14.6 Å². The summed E-state index contributed by atoms with van der Waals surface area (Å²) < 4.78 is 9.59. The van der Waals surface area contributed by atoms with Crippen molar-refractivity contribution < 1.29 is 9.53 Å². The largest absolute Gasteiger partial charge is 0.373 e. The van der Waals surface area contributed by atoms with E-state index in [-0.39, 0.29) is 24.6 Å². The van der Waals surface area contributed by atoms with E-state index in [0.29, 0.717) is 13.2 Å². The number of carbonyl (C=O) groups is 1. The number of morpholine rings is 1. The molecular weight excluding hydrogens is 308 g/mol. The van der Waals surface area contributed by atoms with Crippen LogP contribution in [0.1, 0.15) is 18.7 Å². The highest BCUT2D eigenvalue weighted by Gasteiger charge is 2.34. The van der Waals surface area contributed by atoms with Crippen LogP contribution in [-0.2, 0) is 23.1 Å². The molecule has 0 spiro atoms. The second kappa shape index (κ2) is 7.59. The van der Waals surface area contributed by atoms with Gasteiger partial charge in [-0.1, -0.05) is 6.92 Å². The first-order chi connectivity index (χ1) is 11.7. The Morgan fingerprint density at radius 1 is 1.50 bits per heavy atom. The summed E-state index contributed by atoms with van der Waals surface area (Å²) in [6.07, 6.45) is 7.00. The van der Waals surface area contributed by atoms with E-state index in [0.717, 1.165) is 18.8 Å². The molecule has 130 valence electrons. The zero-order valence-corrected chi connectivity index (χ0v) is 14.1. The standard InChI is InChI=1S/C16H24N6O2/c1-3-21-7-8-24-14(16(21)13-9-17-12-20(13)2)10-18-15(23)11-22-6-4-5-19-22/h4-6,9,12,14,16H,3,7-8,10-11H2,1-2H3,(H,18,23)/t14-,16-/m0/s1. The van der Waals surface area contributed by atoms with Crippen molar-refractivity contribution in [2.75, 3.05) is 26.2 Å². The Balaban J connectivity index is 1.65. The van der Waals surface area contributed by atoms with E-state index in [1.807, 2.05) is 17.8 Å². The van der Waals surface area contributed by atoms with Crippen molar-refractivity contribution in [3.63, 3.8) is 0 Å². The second-order valence-electron chi connectivity index (χ2n) is 5.92. The van der Waals surface area contributed by atoms with Gasteiger partial charge in [-0.15, -0.1) is 0 Å². The normalized spacial score (nSPS) is 21.8. The Bertz CT molecular complexity index is 653. The molecule has 1 fully saturated rings. The quantitative estimate of drug-likeness (QED) is 0.817. The van der Waals surface area contributed by atoms with Crippen LogP contribution in [0.25, 0.3) is 0 Å². The van der Waals surface area contributed by atoms with Crippen LogP contribution in [0.5, 0.6) is 0 Å². The van der Waals surface area contributed by atoms with Gasteiger partial charge in [-0.05, 0) is 12.6 Å². The molecular formula is C16H24N6O2. The van der Waals surface area contributed by atoms with Crippen molar-refractivity contribution in [2.24, 2.45) is 7.05 Å². The number of rotatable bonds is 6. The highest BCUT2D eigenvalue weighted by Crippen LogP contribution is 2.28. The summed E-state index contributed by atoms with van der Waals surface area (Å²) in [5.74, 6) is -0.0697. The Kier molecular flexibility index (Phi) is 5.27. The minimum atomic E-state index is -0.101. The molecule has 1 aliphatic rings. The van der Waals surface area contributed by atoms with Crippen molar-refractivity contribution >= 4 is 5.91 Å². The molecule has 8 nitrogen and oxygen atoms in total. The number of aryl methyl sites for hydroxylation is 1. The van der Waals surface area contributed by atoms with Crippen LogP contribution in [0.3, 0.4) is 0 Å². The Labute approximate surface area is 141 Å². The van der Waals surface area contributed by atoms with Gasteiger partial charge in [0.2, 0.25) is 5.91 Å². The first kappa shape index (κ1) is 16.7. The number of hydrogen-bond donors (Lipinski definition) is 1. The predicted octanol–water partition coefficient (Wildman–Crippen LogP) is 0.195. The molecule has 0 saturated carbocycles. The van der Waals surface area contributed by atoms with Crippen LogP contribution in [0.4, 0.5) is 0 Å². The molecule has 3 heterocycles. The molecule has 1 amide bonds. The molecule has 2 atom stereocenters. The summed E-state index contributed by atoms with van der Waals surface area (Å²) in [4.78, 5) is 18.7. The number of carbonyl (C=O) groups excluding carboxylic acids is 1. The summed E-state index contributed by atoms with van der Waals surface area (Å²) in [5.41, 5.74) is 1.10. The van der Waals surface area contributed by atoms with Crippen molar-refractivity contribution in [1.82, 2.24) is 29.5 Å². The van der Waals surface area contributed by atoms with E-state index in [1.54, 1.807) is 29.5 Å². The molecule has 1 aliphatic heterocycles. The Hall–Kier alpha value is -2.19. The van der Waals surface area contributed by atoms with Gasteiger partial charge in [0, 0.05) is 38.7 Å². The van der Waals surface area contributed by atoms with Crippen LogP contribution in [0.2, 0.25) is 0 Å². The Morgan fingerprint density at radius 3 is 3.04 bits per heavy atom.